The zero-order valence-electron chi connectivity index (χ0n) is 6.10. The highest BCUT2D eigenvalue weighted by Crippen LogP contribution is 2.15. The van der Waals surface area contributed by atoms with Gasteiger partial charge in [-0.05, 0) is 0 Å². The minimum atomic E-state index is 0.711. The van der Waals surface area contributed by atoms with Crippen LogP contribution in [0.1, 0.15) is 5.69 Å². The standard InChI is InChI=1S/C6H7N5/c1-11-6-5(9-10-11)2-3-7-4-8-6/h3-4H,2H2,1H3. The monoisotopic (exact) mass is 149 g/mol. The van der Waals surface area contributed by atoms with Gasteiger partial charge in [-0.3, -0.25) is 0 Å². The highest BCUT2D eigenvalue weighted by atomic mass is 15.4. The number of hydrogen-bond donors (Lipinski definition) is 0. The third-order valence-corrected chi connectivity index (χ3v) is 1.50. The molecule has 2 rings (SSSR count). The Bertz CT molecular complexity index is 322. The molecule has 0 unspecified atom stereocenters. The van der Waals surface area contributed by atoms with Crippen molar-refractivity contribution in [2.75, 3.05) is 0 Å². The first-order valence-electron chi connectivity index (χ1n) is 3.30. The molecule has 1 aromatic heterocycles. The van der Waals surface area contributed by atoms with Crippen LogP contribution in [0.3, 0.4) is 0 Å². The molecule has 0 saturated carbocycles. The second kappa shape index (κ2) is 2.26. The summed E-state index contributed by atoms with van der Waals surface area (Å²) in [6.45, 7) is 0. The normalized spacial score (nSPS) is 14.6. The lowest BCUT2D eigenvalue weighted by molar-refractivity contribution is 0.716. The second-order valence-electron chi connectivity index (χ2n) is 2.26. The maximum atomic E-state index is 4.06. The molecule has 0 radical (unpaired) electrons. The molecular formula is C6H7N5. The Kier molecular flexibility index (Phi) is 1.28. The summed E-state index contributed by atoms with van der Waals surface area (Å²) in [5.41, 5.74) is 0.880. The van der Waals surface area contributed by atoms with Crippen molar-refractivity contribution in [2.45, 2.75) is 6.42 Å². The number of aryl methyl sites for hydroxylation is 1. The summed E-state index contributed by atoms with van der Waals surface area (Å²) in [6.07, 6.45) is 3.99. The van der Waals surface area contributed by atoms with E-state index in [0.717, 1.165) is 11.5 Å². The molecule has 0 fully saturated rings. The molecule has 0 bridgehead atoms. The Hall–Kier alpha value is -1.52. The molecule has 0 aromatic carbocycles. The fourth-order valence-electron chi connectivity index (χ4n) is 0.959. The maximum Gasteiger partial charge on any atom is 0.175 e. The number of hydrogen-bond acceptors (Lipinski definition) is 4. The molecule has 0 atom stereocenters. The van der Waals surface area contributed by atoms with Gasteiger partial charge < -0.3 is 0 Å². The highest BCUT2D eigenvalue weighted by molar-refractivity contribution is 5.78. The van der Waals surface area contributed by atoms with E-state index < -0.39 is 0 Å². The van der Waals surface area contributed by atoms with Gasteiger partial charge in [0, 0.05) is 19.7 Å². The lowest BCUT2D eigenvalue weighted by atomic mass is 10.3. The minimum Gasteiger partial charge on any atom is -0.249 e. The van der Waals surface area contributed by atoms with E-state index in [1.54, 1.807) is 10.9 Å². The molecule has 1 aliphatic rings. The molecule has 1 aromatic rings. The van der Waals surface area contributed by atoms with Crippen molar-refractivity contribution in [1.82, 2.24) is 15.0 Å². The highest BCUT2D eigenvalue weighted by Gasteiger charge is 2.08. The zero-order chi connectivity index (χ0) is 7.68. The van der Waals surface area contributed by atoms with E-state index >= 15 is 0 Å². The third kappa shape index (κ3) is 0.938. The Labute approximate surface area is 63.5 Å². The summed E-state index contributed by atoms with van der Waals surface area (Å²) in [7, 11) is 1.81. The van der Waals surface area contributed by atoms with Gasteiger partial charge in [-0.25, -0.2) is 14.7 Å². The van der Waals surface area contributed by atoms with Crippen molar-refractivity contribution in [2.24, 2.45) is 17.0 Å². The molecule has 5 nitrogen and oxygen atoms in total. The molecule has 0 aliphatic carbocycles. The zero-order valence-corrected chi connectivity index (χ0v) is 6.10. The molecule has 2 heterocycles. The molecular weight excluding hydrogens is 142 g/mol. The van der Waals surface area contributed by atoms with Crippen molar-refractivity contribution < 1.29 is 0 Å². The van der Waals surface area contributed by atoms with Crippen LogP contribution in [0.5, 0.6) is 0 Å². The van der Waals surface area contributed by atoms with E-state index in [-0.39, 0.29) is 0 Å². The van der Waals surface area contributed by atoms with Crippen molar-refractivity contribution in [3.05, 3.63) is 5.69 Å². The van der Waals surface area contributed by atoms with E-state index in [0.29, 0.717) is 6.42 Å². The summed E-state index contributed by atoms with van der Waals surface area (Å²) in [5, 5.41) is 7.76. The van der Waals surface area contributed by atoms with Crippen LogP contribution < -0.4 is 0 Å². The predicted octanol–water partition coefficient (Wildman–Crippen LogP) is 0.102. The van der Waals surface area contributed by atoms with Crippen LogP contribution >= 0.6 is 0 Å². The molecule has 56 valence electrons. The molecule has 0 spiro atoms. The smallest absolute Gasteiger partial charge is 0.175 e. The molecule has 0 saturated heterocycles. The Morgan fingerprint density at radius 2 is 2.45 bits per heavy atom. The third-order valence-electron chi connectivity index (χ3n) is 1.50. The summed E-state index contributed by atoms with van der Waals surface area (Å²) >= 11 is 0. The van der Waals surface area contributed by atoms with E-state index in [4.69, 9.17) is 0 Å². The van der Waals surface area contributed by atoms with E-state index in [9.17, 15) is 0 Å². The Morgan fingerprint density at radius 1 is 1.55 bits per heavy atom. The van der Waals surface area contributed by atoms with Crippen LogP contribution in [0.25, 0.3) is 0 Å². The Morgan fingerprint density at radius 3 is 3.36 bits per heavy atom. The average Bonchev–Trinajstić information content (AvgIpc) is 2.25. The molecule has 11 heavy (non-hydrogen) atoms. The van der Waals surface area contributed by atoms with Gasteiger partial charge in [0.15, 0.2) is 5.82 Å². The lowest BCUT2D eigenvalue weighted by Gasteiger charge is -1.90. The van der Waals surface area contributed by atoms with Crippen LogP contribution in [-0.2, 0) is 13.5 Å². The molecule has 1 aliphatic heterocycles. The van der Waals surface area contributed by atoms with Crippen molar-refractivity contribution in [1.29, 1.82) is 0 Å². The maximum absolute atomic E-state index is 4.06. The van der Waals surface area contributed by atoms with Crippen molar-refractivity contribution in [3.63, 3.8) is 0 Å². The van der Waals surface area contributed by atoms with Crippen molar-refractivity contribution >= 4 is 18.4 Å². The van der Waals surface area contributed by atoms with Crippen LogP contribution in [-0.4, -0.2) is 27.5 Å². The van der Waals surface area contributed by atoms with Gasteiger partial charge in [0.25, 0.3) is 0 Å². The van der Waals surface area contributed by atoms with Gasteiger partial charge in [-0.15, -0.1) is 5.10 Å². The first-order valence-corrected chi connectivity index (χ1v) is 3.30. The van der Waals surface area contributed by atoms with Gasteiger partial charge >= 0.3 is 0 Å². The summed E-state index contributed by atoms with van der Waals surface area (Å²) in [4.78, 5) is 7.96. The Balaban J connectivity index is 2.55. The summed E-state index contributed by atoms with van der Waals surface area (Å²) < 4.78 is 1.64. The van der Waals surface area contributed by atoms with Gasteiger partial charge in [0.2, 0.25) is 0 Å². The quantitative estimate of drug-likeness (QED) is 0.525. The molecule has 0 amide bonds. The fourth-order valence-corrected chi connectivity index (χ4v) is 0.959. The number of nitrogens with zero attached hydrogens (tertiary/aromatic N) is 5. The molecule has 0 N–H and O–H groups in total. The van der Waals surface area contributed by atoms with Gasteiger partial charge in [0.1, 0.15) is 12.0 Å². The van der Waals surface area contributed by atoms with Crippen LogP contribution in [0.15, 0.2) is 9.98 Å². The number of aliphatic imine (C=N–C) groups is 2. The van der Waals surface area contributed by atoms with Crippen LogP contribution in [0.2, 0.25) is 0 Å². The van der Waals surface area contributed by atoms with Crippen LogP contribution in [0.4, 0.5) is 5.82 Å². The summed E-state index contributed by atoms with van der Waals surface area (Å²) in [6, 6.07) is 0. The second-order valence-corrected chi connectivity index (χ2v) is 2.26. The average molecular weight is 149 g/mol. The SMILES string of the molecule is Cn1nnc2c1N=CN=CC2. The first kappa shape index (κ1) is 6.21. The van der Waals surface area contributed by atoms with Gasteiger partial charge in [0.05, 0.1) is 0 Å². The van der Waals surface area contributed by atoms with E-state index in [1.807, 2.05) is 7.05 Å². The fraction of sp³-hybridized carbons (Fsp3) is 0.333. The molecule has 5 heteroatoms. The van der Waals surface area contributed by atoms with Crippen LogP contribution in [0, 0.1) is 0 Å². The minimum absolute atomic E-state index is 0.711. The lowest BCUT2D eigenvalue weighted by Crippen LogP contribution is -1.88. The topological polar surface area (TPSA) is 55.4 Å². The largest absolute Gasteiger partial charge is 0.249 e. The number of aromatic nitrogens is 3. The van der Waals surface area contributed by atoms with Gasteiger partial charge in [-0.1, -0.05) is 5.21 Å². The number of rotatable bonds is 0. The van der Waals surface area contributed by atoms with Crippen molar-refractivity contribution in [3.8, 4) is 0 Å². The van der Waals surface area contributed by atoms with E-state index in [2.05, 4.69) is 20.3 Å². The number of fused-ring (bicyclic) bond motifs is 1. The van der Waals surface area contributed by atoms with E-state index in [1.165, 1.54) is 6.34 Å². The summed E-state index contributed by atoms with van der Waals surface area (Å²) in [5.74, 6) is 0.794. The first-order chi connectivity index (χ1) is 5.38. The predicted molar refractivity (Wildman–Crippen MR) is 41.4 cm³/mol. The van der Waals surface area contributed by atoms with Gasteiger partial charge in [-0.2, -0.15) is 0 Å².